The Kier molecular flexibility index (Phi) is 3.71. The van der Waals surface area contributed by atoms with Crippen LogP contribution in [-0.2, 0) is 5.60 Å². The molecule has 0 bridgehead atoms. The zero-order chi connectivity index (χ0) is 13.3. The van der Waals surface area contributed by atoms with Gasteiger partial charge in [0.25, 0.3) is 0 Å². The van der Waals surface area contributed by atoms with Crippen LogP contribution in [0.15, 0.2) is 18.5 Å². The summed E-state index contributed by atoms with van der Waals surface area (Å²) in [4.78, 5) is 3.77. The zero-order valence-corrected chi connectivity index (χ0v) is 11.4. The van der Waals surface area contributed by atoms with E-state index < -0.39 is 5.60 Å². The van der Waals surface area contributed by atoms with Crippen LogP contribution in [-0.4, -0.2) is 10.1 Å². The maximum absolute atomic E-state index is 14.0. The minimum Gasteiger partial charge on any atom is -0.385 e. The third-order valence-corrected chi connectivity index (χ3v) is 4.29. The average molecular weight is 251 g/mol. The molecule has 1 aliphatic rings. The van der Waals surface area contributed by atoms with E-state index in [9.17, 15) is 9.50 Å². The molecule has 2 rings (SSSR count). The topological polar surface area (TPSA) is 33.1 Å². The SMILES string of the molecule is CC1CCC(C(C)C)C(O)(c2ccncc2F)C1. The molecule has 0 amide bonds. The van der Waals surface area contributed by atoms with E-state index >= 15 is 0 Å². The van der Waals surface area contributed by atoms with E-state index in [0.29, 0.717) is 23.8 Å². The molecular weight excluding hydrogens is 229 g/mol. The first-order chi connectivity index (χ1) is 8.45. The summed E-state index contributed by atoms with van der Waals surface area (Å²) in [6, 6.07) is 1.63. The number of hydrogen-bond acceptors (Lipinski definition) is 2. The highest BCUT2D eigenvalue weighted by Crippen LogP contribution is 2.47. The minimum atomic E-state index is -1.04. The summed E-state index contributed by atoms with van der Waals surface area (Å²) in [5.74, 6) is 0.498. The summed E-state index contributed by atoms with van der Waals surface area (Å²) in [5.41, 5.74) is -0.624. The fourth-order valence-corrected chi connectivity index (χ4v) is 3.41. The van der Waals surface area contributed by atoms with Gasteiger partial charge < -0.3 is 5.11 Å². The summed E-state index contributed by atoms with van der Waals surface area (Å²) in [7, 11) is 0. The highest BCUT2D eigenvalue weighted by molar-refractivity contribution is 5.23. The van der Waals surface area contributed by atoms with Gasteiger partial charge in [0.1, 0.15) is 5.82 Å². The maximum atomic E-state index is 14.0. The molecule has 0 aromatic carbocycles. The fraction of sp³-hybridized carbons (Fsp3) is 0.667. The number of pyridine rings is 1. The van der Waals surface area contributed by atoms with E-state index in [0.717, 1.165) is 12.8 Å². The molecule has 1 aliphatic carbocycles. The first kappa shape index (κ1) is 13.5. The summed E-state index contributed by atoms with van der Waals surface area (Å²) in [5, 5.41) is 11.1. The molecule has 1 saturated carbocycles. The van der Waals surface area contributed by atoms with Crippen LogP contribution in [0.5, 0.6) is 0 Å². The summed E-state index contributed by atoms with van der Waals surface area (Å²) in [6.45, 7) is 6.33. The van der Waals surface area contributed by atoms with Crippen molar-refractivity contribution < 1.29 is 9.50 Å². The molecule has 0 spiro atoms. The summed E-state index contributed by atoms with van der Waals surface area (Å²) >= 11 is 0. The zero-order valence-electron chi connectivity index (χ0n) is 11.4. The third-order valence-electron chi connectivity index (χ3n) is 4.29. The number of aromatic nitrogens is 1. The molecule has 100 valence electrons. The number of hydrogen-bond donors (Lipinski definition) is 1. The van der Waals surface area contributed by atoms with Gasteiger partial charge in [0.15, 0.2) is 0 Å². The van der Waals surface area contributed by atoms with Crippen molar-refractivity contribution in [2.24, 2.45) is 17.8 Å². The lowest BCUT2D eigenvalue weighted by molar-refractivity contribution is -0.0888. The van der Waals surface area contributed by atoms with Gasteiger partial charge in [-0.1, -0.05) is 27.2 Å². The Bertz CT molecular complexity index is 421. The van der Waals surface area contributed by atoms with Crippen molar-refractivity contribution in [1.29, 1.82) is 0 Å². The van der Waals surface area contributed by atoms with E-state index in [1.807, 2.05) is 0 Å². The lowest BCUT2D eigenvalue weighted by atomic mass is 9.64. The lowest BCUT2D eigenvalue weighted by Gasteiger charge is -2.45. The Hall–Kier alpha value is -0.960. The van der Waals surface area contributed by atoms with Crippen molar-refractivity contribution in [3.8, 4) is 0 Å². The van der Waals surface area contributed by atoms with Crippen LogP contribution < -0.4 is 0 Å². The van der Waals surface area contributed by atoms with Crippen molar-refractivity contribution in [1.82, 2.24) is 4.98 Å². The number of halogens is 1. The number of aliphatic hydroxyl groups is 1. The van der Waals surface area contributed by atoms with Crippen LogP contribution in [0.3, 0.4) is 0 Å². The molecule has 18 heavy (non-hydrogen) atoms. The van der Waals surface area contributed by atoms with Crippen LogP contribution >= 0.6 is 0 Å². The first-order valence-electron chi connectivity index (χ1n) is 6.77. The predicted octanol–water partition coefficient (Wildman–Crippen LogP) is 3.50. The summed E-state index contributed by atoms with van der Waals surface area (Å²) < 4.78 is 14.0. The van der Waals surface area contributed by atoms with Crippen LogP contribution in [0.2, 0.25) is 0 Å². The molecule has 0 saturated heterocycles. The van der Waals surface area contributed by atoms with Gasteiger partial charge in [-0.25, -0.2) is 4.39 Å². The van der Waals surface area contributed by atoms with Gasteiger partial charge in [-0.3, -0.25) is 4.98 Å². The molecule has 3 atom stereocenters. The van der Waals surface area contributed by atoms with E-state index in [4.69, 9.17) is 0 Å². The predicted molar refractivity (Wildman–Crippen MR) is 69.4 cm³/mol. The van der Waals surface area contributed by atoms with Crippen molar-refractivity contribution in [2.45, 2.75) is 45.6 Å². The van der Waals surface area contributed by atoms with Crippen molar-refractivity contribution >= 4 is 0 Å². The van der Waals surface area contributed by atoms with Crippen LogP contribution in [0.4, 0.5) is 4.39 Å². The average Bonchev–Trinajstić information content (AvgIpc) is 2.28. The number of nitrogens with zero attached hydrogens (tertiary/aromatic N) is 1. The monoisotopic (exact) mass is 251 g/mol. The highest BCUT2D eigenvalue weighted by atomic mass is 19.1. The second-order valence-electron chi connectivity index (χ2n) is 6.02. The molecule has 3 unspecified atom stereocenters. The molecule has 0 radical (unpaired) electrons. The van der Waals surface area contributed by atoms with Gasteiger partial charge in [0.2, 0.25) is 0 Å². The van der Waals surface area contributed by atoms with Gasteiger partial charge in [-0.05, 0) is 36.7 Å². The first-order valence-corrected chi connectivity index (χ1v) is 6.77. The molecule has 2 nitrogen and oxygen atoms in total. The van der Waals surface area contributed by atoms with Crippen molar-refractivity contribution in [3.05, 3.63) is 29.8 Å². The Labute approximate surface area is 108 Å². The van der Waals surface area contributed by atoms with Crippen LogP contribution in [0, 0.1) is 23.6 Å². The van der Waals surface area contributed by atoms with Gasteiger partial charge >= 0.3 is 0 Å². The standard InChI is InChI=1S/C15H22FNO/c1-10(2)12-5-4-11(3)8-15(12,18)13-6-7-17-9-14(13)16/h6-7,9-12,18H,4-5,8H2,1-3H3. The van der Waals surface area contributed by atoms with E-state index in [2.05, 4.69) is 25.8 Å². The van der Waals surface area contributed by atoms with Gasteiger partial charge in [-0.15, -0.1) is 0 Å². The Morgan fingerprint density at radius 2 is 2.17 bits per heavy atom. The highest BCUT2D eigenvalue weighted by Gasteiger charge is 2.45. The van der Waals surface area contributed by atoms with Crippen molar-refractivity contribution in [3.63, 3.8) is 0 Å². The van der Waals surface area contributed by atoms with E-state index in [-0.39, 0.29) is 11.7 Å². The van der Waals surface area contributed by atoms with E-state index in [1.54, 1.807) is 12.3 Å². The Morgan fingerprint density at radius 1 is 1.44 bits per heavy atom. The number of rotatable bonds is 2. The van der Waals surface area contributed by atoms with E-state index in [1.165, 1.54) is 6.20 Å². The second-order valence-corrected chi connectivity index (χ2v) is 6.02. The van der Waals surface area contributed by atoms with Crippen LogP contribution in [0.25, 0.3) is 0 Å². The van der Waals surface area contributed by atoms with Crippen LogP contribution in [0.1, 0.15) is 45.6 Å². The molecule has 1 N–H and O–H groups in total. The van der Waals surface area contributed by atoms with Gasteiger partial charge in [0, 0.05) is 11.8 Å². The Morgan fingerprint density at radius 3 is 2.78 bits per heavy atom. The molecule has 0 aliphatic heterocycles. The third kappa shape index (κ3) is 2.28. The maximum Gasteiger partial charge on any atom is 0.147 e. The van der Waals surface area contributed by atoms with Gasteiger partial charge in [-0.2, -0.15) is 0 Å². The fourth-order valence-electron chi connectivity index (χ4n) is 3.41. The lowest BCUT2D eigenvalue weighted by Crippen LogP contribution is -2.43. The molecule has 3 heteroatoms. The molecule has 1 fully saturated rings. The normalized spacial score (nSPS) is 32.8. The van der Waals surface area contributed by atoms with Gasteiger partial charge in [0.05, 0.1) is 11.8 Å². The molecule has 1 aromatic heterocycles. The van der Waals surface area contributed by atoms with Crippen molar-refractivity contribution in [2.75, 3.05) is 0 Å². The molecule has 1 aromatic rings. The summed E-state index contributed by atoms with van der Waals surface area (Å²) in [6.07, 6.45) is 5.46. The largest absolute Gasteiger partial charge is 0.385 e. The quantitative estimate of drug-likeness (QED) is 0.872. The second kappa shape index (κ2) is 4.96. The minimum absolute atomic E-state index is 0.116. The molecule has 1 heterocycles. The smallest absolute Gasteiger partial charge is 0.147 e. The Balaban J connectivity index is 2.44. The molecular formula is C15H22FNO.